The number of hydrogen-bond acceptors (Lipinski definition) is 6. The zero-order valence-corrected chi connectivity index (χ0v) is 18.7. The van der Waals surface area contributed by atoms with E-state index in [1.54, 1.807) is 11.3 Å². The molecule has 0 aliphatic carbocycles. The highest BCUT2D eigenvalue weighted by Gasteiger charge is 2.24. The Bertz CT molecular complexity index is 1190. The minimum atomic E-state index is 0.141. The molecule has 1 aliphatic heterocycles. The third-order valence-corrected chi connectivity index (χ3v) is 7.48. The summed E-state index contributed by atoms with van der Waals surface area (Å²) in [5.41, 5.74) is 4.15. The lowest BCUT2D eigenvalue weighted by Crippen LogP contribution is -2.34. The number of thiazole rings is 1. The molecule has 1 saturated heterocycles. The van der Waals surface area contributed by atoms with Gasteiger partial charge in [0.05, 0.1) is 21.0 Å². The van der Waals surface area contributed by atoms with Crippen molar-refractivity contribution in [1.29, 1.82) is 0 Å². The zero-order valence-electron chi connectivity index (χ0n) is 17.0. The highest BCUT2D eigenvalue weighted by molar-refractivity contribution is 7.22. The van der Waals surface area contributed by atoms with Crippen molar-refractivity contribution in [2.45, 2.75) is 20.3 Å². The van der Waals surface area contributed by atoms with Crippen LogP contribution in [0.5, 0.6) is 0 Å². The Kier molecular flexibility index (Phi) is 5.04. The summed E-state index contributed by atoms with van der Waals surface area (Å²) in [6.45, 7) is 7.33. The Balaban J connectivity index is 1.40. The van der Waals surface area contributed by atoms with Gasteiger partial charge in [-0.1, -0.05) is 29.5 Å². The predicted octanol–water partition coefficient (Wildman–Crippen LogP) is 4.51. The smallest absolute Gasteiger partial charge is 0.263 e. The largest absolute Gasteiger partial charge is 0.346 e. The van der Waals surface area contributed by atoms with E-state index >= 15 is 0 Å². The molecule has 0 saturated carbocycles. The maximum atomic E-state index is 12.7. The molecule has 1 aliphatic rings. The second kappa shape index (κ2) is 7.85. The topological polar surface area (TPSA) is 54.3 Å². The zero-order chi connectivity index (χ0) is 20.7. The number of rotatable bonds is 3. The molecule has 0 bridgehead atoms. The lowest BCUT2D eigenvalue weighted by atomic mass is 10.2. The first-order valence-electron chi connectivity index (χ1n) is 10.1. The molecule has 1 aromatic carbocycles. The fourth-order valence-electron chi connectivity index (χ4n) is 3.87. The summed E-state index contributed by atoms with van der Waals surface area (Å²) in [7, 11) is 0. The van der Waals surface area contributed by atoms with Gasteiger partial charge in [-0.25, -0.2) is 4.68 Å². The molecular formula is C22H23N5OS2. The number of carbonyl (C=O) groups excluding carboxylic acids is 1. The molecule has 1 fully saturated rings. The van der Waals surface area contributed by atoms with Crippen molar-refractivity contribution in [3.63, 3.8) is 0 Å². The Morgan fingerprint density at radius 3 is 2.77 bits per heavy atom. The number of aryl methyl sites for hydroxylation is 2. The Morgan fingerprint density at radius 1 is 1.07 bits per heavy atom. The third kappa shape index (κ3) is 3.50. The van der Waals surface area contributed by atoms with Gasteiger partial charge in [-0.05, 0) is 49.4 Å². The van der Waals surface area contributed by atoms with E-state index in [0.29, 0.717) is 0 Å². The van der Waals surface area contributed by atoms with Crippen LogP contribution in [-0.4, -0.2) is 51.8 Å². The highest BCUT2D eigenvalue weighted by Crippen LogP contribution is 2.33. The van der Waals surface area contributed by atoms with Crippen molar-refractivity contribution in [2.24, 2.45) is 0 Å². The summed E-state index contributed by atoms with van der Waals surface area (Å²) >= 11 is 3.21. The average Bonchev–Trinajstić information content (AvgIpc) is 3.43. The van der Waals surface area contributed by atoms with Gasteiger partial charge in [0, 0.05) is 26.2 Å². The summed E-state index contributed by atoms with van der Waals surface area (Å²) in [5, 5.41) is 7.69. The molecule has 154 valence electrons. The normalized spacial score (nSPS) is 15.0. The van der Waals surface area contributed by atoms with Crippen molar-refractivity contribution in [2.75, 3.05) is 31.1 Å². The van der Waals surface area contributed by atoms with Gasteiger partial charge in [-0.15, -0.1) is 11.3 Å². The minimum absolute atomic E-state index is 0.141. The minimum Gasteiger partial charge on any atom is -0.346 e. The molecule has 0 radical (unpaired) electrons. The van der Waals surface area contributed by atoms with Crippen LogP contribution in [0.1, 0.15) is 27.3 Å². The summed E-state index contributed by atoms with van der Waals surface area (Å²) < 4.78 is 3.07. The lowest BCUT2D eigenvalue weighted by molar-refractivity contribution is 0.0772. The van der Waals surface area contributed by atoms with Crippen LogP contribution in [0.25, 0.3) is 16.0 Å². The summed E-state index contributed by atoms with van der Waals surface area (Å²) in [5.74, 6) is 0.141. The van der Waals surface area contributed by atoms with Crippen molar-refractivity contribution < 1.29 is 4.79 Å². The number of amides is 1. The maximum absolute atomic E-state index is 12.7. The molecule has 8 heteroatoms. The van der Waals surface area contributed by atoms with Gasteiger partial charge in [0.1, 0.15) is 0 Å². The first kappa shape index (κ1) is 19.3. The Hall–Kier alpha value is -2.71. The fourth-order valence-corrected chi connectivity index (χ4v) is 5.60. The van der Waals surface area contributed by atoms with E-state index in [9.17, 15) is 4.79 Å². The third-order valence-electron chi connectivity index (χ3n) is 5.41. The fraction of sp³-hybridized carbons (Fsp3) is 0.318. The van der Waals surface area contributed by atoms with Crippen LogP contribution in [0.4, 0.5) is 5.13 Å². The van der Waals surface area contributed by atoms with Gasteiger partial charge in [0.25, 0.3) is 5.91 Å². The van der Waals surface area contributed by atoms with Gasteiger partial charge in [0.2, 0.25) is 0 Å². The van der Waals surface area contributed by atoms with E-state index in [1.165, 1.54) is 16.9 Å². The van der Waals surface area contributed by atoms with Crippen LogP contribution in [-0.2, 0) is 0 Å². The maximum Gasteiger partial charge on any atom is 0.263 e. The Morgan fingerprint density at radius 2 is 1.97 bits per heavy atom. The predicted molar refractivity (Wildman–Crippen MR) is 123 cm³/mol. The highest BCUT2D eigenvalue weighted by atomic mass is 32.1. The molecule has 4 aromatic rings. The number of benzene rings is 1. The average molecular weight is 438 g/mol. The molecule has 0 atom stereocenters. The number of nitrogens with zero attached hydrogens (tertiary/aromatic N) is 5. The van der Waals surface area contributed by atoms with E-state index < -0.39 is 0 Å². The van der Waals surface area contributed by atoms with Crippen LogP contribution in [0.3, 0.4) is 0 Å². The number of aromatic nitrogens is 3. The summed E-state index contributed by atoms with van der Waals surface area (Å²) in [6.07, 6.45) is 0.941. The number of thiophene rings is 1. The van der Waals surface area contributed by atoms with E-state index in [0.717, 1.165) is 64.3 Å². The van der Waals surface area contributed by atoms with Crippen molar-refractivity contribution in [1.82, 2.24) is 19.7 Å². The van der Waals surface area contributed by atoms with Crippen LogP contribution in [0.15, 0.2) is 41.8 Å². The van der Waals surface area contributed by atoms with Gasteiger partial charge in [-0.3, -0.25) is 4.79 Å². The molecule has 0 unspecified atom stereocenters. The molecule has 30 heavy (non-hydrogen) atoms. The van der Waals surface area contributed by atoms with Crippen LogP contribution < -0.4 is 4.90 Å². The molecule has 6 nitrogen and oxygen atoms in total. The van der Waals surface area contributed by atoms with E-state index in [4.69, 9.17) is 10.1 Å². The van der Waals surface area contributed by atoms with Crippen LogP contribution in [0, 0.1) is 13.8 Å². The van der Waals surface area contributed by atoms with E-state index in [1.807, 2.05) is 34.0 Å². The molecule has 3 aromatic heterocycles. The van der Waals surface area contributed by atoms with E-state index in [2.05, 4.69) is 36.1 Å². The molecular weight excluding hydrogens is 414 g/mol. The number of anilines is 1. The number of fused-ring (bicyclic) bond motifs is 1. The molecule has 0 N–H and O–H groups in total. The lowest BCUT2D eigenvalue weighted by Gasteiger charge is -2.21. The first-order valence-corrected chi connectivity index (χ1v) is 11.8. The second-order valence-electron chi connectivity index (χ2n) is 7.60. The standard InChI is InChI=1S/C22H23N5OS2/c1-15-6-3-7-17(14-15)27-20-19(16(2)24-27)30-22(23-20)26-10-5-9-25(11-12-26)21(28)18-8-4-13-29-18/h3-4,6-8,13-14H,5,9-12H2,1-2H3. The van der Waals surface area contributed by atoms with Gasteiger partial charge in [-0.2, -0.15) is 10.1 Å². The molecule has 1 amide bonds. The quantitative estimate of drug-likeness (QED) is 0.473. The van der Waals surface area contributed by atoms with Crippen molar-refractivity contribution in [3.8, 4) is 5.69 Å². The SMILES string of the molecule is Cc1cccc(-n2nc(C)c3sc(N4CCCN(C(=O)c5cccs5)CC4)nc32)c1. The monoisotopic (exact) mass is 437 g/mol. The number of carbonyl (C=O) groups is 1. The van der Waals surface area contributed by atoms with Crippen molar-refractivity contribution in [3.05, 3.63) is 57.9 Å². The van der Waals surface area contributed by atoms with Crippen LogP contribution in [0.2, 0.25) is 0 Å². The molecule has 4 heterocycles. The molecule has 0 spiro atoms. The second-order valence-corrected chi connectivity index (χ2v) is 9.52. The Labute approximate surface area is 183 Å². The molecule has 5 rings (SSSR count). The first-order chi connectivity index (χ1) is 14.6. The van der Waals surface area contributed by atoms with Crippen molar-refractivity contribution >= 4 is 44.1 Å². The van der Waals surface area contributed by atoms with Gasteiger partial charge >= 0.3 is 0 Å². The van der Waals surface area contributed by atoms with Crippen LogP contribution >= 0.6 is 22.7 Å². The van der Waals surface area contributed by atoms with Gasteiger partial charge in [0.15, 0.2) is 10.8 Å². The summed E-state index contributed by atoms with van der Waals surface area (Å²) in [4.78, 5) is 22.8. The number of hydrogen-bond donors (Lipinski definition) is 0. The van der Waals surface area contributed by atoms with Gasteiger partial charge < -0.3 is 9.80 Å². The van der Waals surface area contributed by atoms with E-state index in [-0.39, 0.29) is 5.91 Å². The summed E-state index contributed by atoms with van der Waals surface area (Å²) in [6, 6.07) is 12.2.